The standard InChI is InChI=1S/C45H73NO13/c1-2-3-4-5-6-11-17-48-19-21-50-23-25-52-27-29-54-31-33-56-35-37-58-38-36-57-34-32-55-30-28-53-26-24-51-22-20-49-18-16-46-45(47)59-39-44-42-14-9-7-12-40(42)41-13-8-10-15-43(41)44/h7-10,12-15,44H,2-6,11,16-39H2,1H3,(H,46,47). The molecule has 3 rings (SSSR count). The predicted octanol–water partition coefficient (Wildman–Crippen LogP) is 6.07. The fourth-order valence-corrected chi connectivity index (χ4v) is 6.16. The van der Waals surface area contributed by atoms with Crippen molar-refractivity contribution < 1.29 is 61.6 Å². The van der Waals surface area contributed by atoms with E-state index in [1.54, 1.807) is 0 Å². The summed E-state index contributed by atoms with van der Waals surface area (Å²) in [5.74, 6) is 0.0370. The topological polar surface area (TPSA) is 140 Å². The molecule has 0 aliphatic heterocycles. The van der Waals surface area contributed by atoms with Crippen molar-refractivity contribution in [2.45, 2.75) is 51.4 Å². The van der Waals surface area contributed by atoms with Crippen LogP contribution in [0.4, 0.5) is 4.79 Å². The number of benzene rings is 2. The number of hydrogen-bond donors (Lipinski definition) is 1. The molecule has 0 fully saturated rings. The molecule has 0 spiro atoms. The van der Waals surface area contributed by atoms with Gasteiger partial charge in [0.25, 0.3) is 0 Å². The first kappa shape index (κ1) is 50.6. The Morgan fingerprint density at radius 1 is 0.424 bits per heavy atom. The second-order valence-corrected chi connectivity index (χ2v) is 13.8. The Bertz CT molecular complexity index is 1230. The second kappa shape index (κ2) is 37.1. The maximum absolute atomic E-state index is 12.3. The highest BCUT2D eigenvalue weighted by Crippen LogP contribution is 2.44. The monoisotopic (exact) mass is 836 g/mol. The highest BCUT2D eigenvalue weighted by Gasteiger charge is 2.29. The molecule has 1 amide bonds. The van der Waals surface area contributed by atoms with Gasteiger partial charge in [-0.3, -0.25) is 0 Å². The number of carbonyl (C=O) groups excluding carboxylic acids is 1. The molecule has 0 bridgehead atoms. The number of carbonyl (C=O) groups is 1. The SMILES string of the molecule is CCCCCCCCOCCOCCOCCOCCOCCOCCOCCOCCOCCOCCOCCNC(=O)OCC1c2ccccc2-c2ccccc21. The molecule has 0 radical (unpaired) electrons. The lowest BCUT2D eigenvalue weighted by molar-refractivity contribution is -0.0275. The summed E-state index contributed by atoms with van der Waals surface area (Å²) in [5.41, 5.74) is 4.78. The number of rotatable bonds is 42. The van der Waals surface area contributed by atoms with E-state index in [-0.39, 0.29) is 12.5 Å². The van der Waals surface area contributed by atoms with Gasteiger partial charge in [0.15, 0.2) is 0 Å². The number of alkyl carbamates (subject to hydrolysis) is 1. The molecule has 0 aromatic heterocycles. The zero-order valence-electron chi connectivity index (χ0n) is 35.7. The molecule has 59 heavy (non-hydrogen) atoms. The Kier molecular flexibility index (Phi) is 31.8. The molecule has 14 nitrogen and oxygen atoms in total. The fraction of sp³-hybridized carbons (Fsp3) is 0.711. The molecule has 0 saturated carbocycles. The van der Waals surface area contributed by atoms with E-state index in [1.807, 2.05) is 24.3 Å². The quantitative estimate of drug-likeness (QED) is 0.0776. The molecule has 0 heterocycles. The molecule has 2 aromatic rings. The van der Waals surface area contributed by atoms with Gasteiger partial charge in [-0.1, -0.05) is 87.6 Å². The van der Waals surface area contributed by atoms with Crippen molar-refractivity contribution >= 4 is 6.09 Å². The minimum atomic E-state index is -0.451. The number of hydrogen-bond acceptors (Lipinski definition) is 13. The number of ether oxygens (including phenoxy) is 12. The summed E-state index contributed by atoms with van der Waals surface area (Å²) >= 11 is 0. The van der Waals surface area contributed by atoms with Crippen LogP contribution < -0.4 is 5.32 Å². The van der Waals surface area contributed by atoms with Crippen molar-refractivity contribution in [2.24, 2.45) is 0 Å². The van der Waals surface area contributed by atoms with E-state index < -0.39 is 6.09 Å². The van der Waals surface area contributed by atoms with Gasteiger partial charge in [0.05, 0.1) is 139 Å². The van der Waals surface area contributed by atoms with E-state index in [9.17, 15) is 4.79 Å². The number of fused-ring (bicyclic) bond motifs is 3. The van der Waals surface area contributed by atoms with Crippen molar-refractivity contribution in [2.75, 3.05) is 159 Å². The van der Waals surface area contributed by atoms with Gasteiger partial charge in [0, 0.05) is 19.1 Å². The maximum Gasteiger partial charge on any atom is 0.407 e. The van der Waals surface area contributed by atoms with Gasteiger partial charge in [0.2, 0.25) is 0 Å². The van der Waals surface area contributed by atoms with Gasteiger partial charge >= 0.3 is 6.09 Å². The van der Waals surface area contributed by atoms with Crippen LogP contribution in [-0.4, -0.2) is 165 Å². The first-order valence-corrected chi connectivity index (χ1v) is 21.7. The van der Waals surface area contributed by atoms with E-state index in [2.05, 4.69) is 36.5 Å². The average Bonchev–Trinajstić information content (AvgIpc) is 3.58. The summed E-state index contributed by atoms with van der Waals surface area (Å²) in [5, 5.41) is 2.75. The Morgan fingerprint density at radius 3 is 1.14 bits per heavy atom. The van der Waals surface area contributed by atoms with E-state index in [0.717, 1.165) is 13.0 Å². The fourth-order valence-electron chi connectivity index (χ4n) is 6.16. The molecule has 336 valence electrons. The molecular weight excluding hydrogens is 762 g/mol. The summed E-state index contributed by atoms with van der Waals surface area (Å²) in [7, 11) is 0. The Hall–Kier alpha value is -2.73. The smallest absolute Gasteiger partial charge is 0.407 e. The van der Waals surface area contributed by atoms with Gasteiger partial charge in [-0.2, -0.15) is 0 Å². The minimum Gasteiger partial charge on any atom is -0.449 e. The van der Waals surface area contributed by atoms with Crippen molar-refractivity contribution in [1.29, 1.82) is 0 Å². The third-order valence-electron chi connectivity index (χ3n) is 9.22. The van der Waals surface area contributed by atoms with Crippen LogP contribution in [0.3, 0.4) is 0 Å². The van der Waals surface area contributed by atoms with Crippen LogP contribution in [0.2, 0.25) is 0 Å². The Labute approximate surface area is 353 Å². The van der Waals surface area contributed by atoms with Crippen LogP contribution in [0.1, 0.15) is 62.5 Å². The van der Waals surface area contributed by atoms with Gasteiger partial charge in [-0.15, -0.1) is 0 Å². The van der Waals surface area contributed by atoms with Crippen molar-refractivity contribution in [3.63, 3.8) is 0 Å². The summed E-state index contributed by atoms with van der Waals surface area (Å²) in [6, 6.07) is 16.5. The lowest BCUT2D eigenvalue weighted by atomic mass is 9.98. The molecule has 1 aliphatic rings. The number of nitrogens with one attached hydrogen (secondary N) is 1. The predicted molar refractivity (Wildman–Crippen MR) is 225 cm³/mol. The van der Waals surface area contributed by atoms with Crippen LogP contribution in [0.15, 0.2) is 48.5 Å². The third kappa shape index (κ3) is 25.6. The lowest BCUT2D eigenvalue weighted by Gasteiger charge is -2.14. The molecule has 1 N–H and O–H groups in total. The van der Waals surface area contributed by atoms with Crippen molar-refractivity contribution in [3.8, 4) is 11.1 Å². The Morgan fingerprint density at radius 2 is 0.746 bits per heavy atom. The summed E-state index contributed by atoms with van der Waals surface area (Å²) < 4.78 is 66.3. The Balaban J connectivity index is 0.923. The maximum atomic E-state index is 12.3. The third-order valence-corrected chi connectivity index (χ3v) is 9.22. The second-order valence-electron chi connectivity index (χ2n) is 13.8. The van der Waals surface area contributed by atoms with Crippen LogP contribution in [0.5, 0.6) is 0 Å². The highest BCUT2D eigenvalue weighted by molar-refractivity contribution is 5.79. The normalized spacial score (nSPS) is 12.2. The van der Waals surface area contributed by atoms with Crippen LogP contribution in [0, 0.1) is 0 Å². The van der Waals surface area contributed by atoms with Gasteiger partial charge in [-0.25, -0.2) is 4.79 Å². The van der Waals surface area contributed by atoms with Gasteiger partial charge in [-0.05, 0) is 28.7 Å². The molecule has 1 aliphatic carbocycles. The van der Waals surface area contributed by atoms with E-state index in [0.29, 0.717) is 145 Å². The molecule has 0 saturated heterocycles. The van der Waals surface area contributed by atoms with Crippen LogP contribution >= 0.6 is 0 Å². The molecule has 2 aromatic carbocycles. The highest BCUT2D eigenvalue weighted by atomic mass is 16.6. The zero-order chi connectivity index (χ0) is 41.5. The van der Waals surface area contributed by atoms with Gasteiger partial charge < -0.3 is 62.2 Å². The molecule has 14 heteroatoms. The number of unbranched alkanes of at least 4 members (excludes halogenated alkanes) is 5. The molecular formula is C45H73NO13. The zero-order valence-corrected chi connectivity index (χ0v) is 35.7. The average molecular weight is 836 g/mol. The summed E-state index contributed by atoms with van der Waals surface area (Å²) in [6.07, 6.45) is 7.20. The largest absolute Gasteiger partial charge is 0.449 e. The van der Waals surface area contributed by atoms with E-state index in [1.165, 1.54) is 54.4 Å². The van der Waals surface area contributed by atoms with E-state index in [4.69, 9.17) is 56.8 Å². The van der Waals surface area contributed by atoms with Crippen molar-refractivity contribution in [3.05, 3.63) is 59.7 Å². The van der Waals surface area contributed by atoms with Gasteiger partial charge in [0.1, 0.15) is 6.61 Å². The van der Waals surface area contributed by atoms with Crippen LogP contribution in [-0.2, 0) is 56.8 Å². The van der Waals surface area contributed by atoms with E-state index >= 15 is 0 Å². The molecule has 0 atom stereocenters. The number of amides is 1. The first-order chi connectivity index (χ1) is 29.3. The van der Waals surface area contributed by atoms with Crippen LogP contribution in [0.25, 0.3) is 11.1 Å². The lowest BCUT2D eigenvalue weighted by Crippen LogP contribution is -2.29. The summed E-state index contributed by atoms with van der Waals surface area (Å²) in [4.78, 5) is 12.3. The molecule has 0 unspecified atom stereocenters. The van der Waals surface area contributed by atoms with Crippen molar-refractivity contribution in [1.82, 2.24) is 5.32 Å². The summed E-state index contributed by atoms with van der Waals surface area (Å²) in [6.45, 7) is 14.3. The minimum absolute atomic E-state index is 0.0370. The first-order valence-electron chi connectivity index (χ1n) is 21.7.